The Bertz CT molecular complexity index is 440. The normalized spacial score (nSPS) is 22.8. The third-order valence-corrected chi connectivity index (χ3v) is 3.78. The van der Waals surface area contributed by atoms with E-state index in [9.17, 15) is 4.79 Å². The van der Waals surface area contributed by atoms with E-state index in [1.165, 1.54) is 0 Å². The number of carbonyl (C=O) groups is 1. The van der Waals surface area contributed by atoms with E-state index in [1.807, 2.05) is 31.2 Å². The van der Waals surface area contributed by atoms with Crippen LogP contribution in [0, 0.1) is 5.41 Å². The zero-order chi connectivity index (χ0) is 13.7. The van der Waals surface area contributed by atoms with Crippen molar-refractivity contribution in [1.29, 1.82) is 0 Å². The molecular weight excluding hydrogens is 240 g/mol. The van der Waals surface area contributed by atoms with E-state index in [-0.39, 0.29) is 11.3 Å². The second kappa shape index (κ2) is 6.06. The predicted octanol–water partition coefficient (Wildman–Crippen LogP) is 1.70. The van der Waals surface area contributed by atoms with Crippen LogP contribution in [-0.2, 0) is 11.3 Å². The summed E-state index contributed by atoms with van der Waals surface area (Å²) < 4.78 is 5.28. The quantitative estimate of drug-likeness (QED) is 0.868. The molecule has 1 aromatic rings. The highest BCUT2D eigenvalue weighted by atomic mass is 16.5. The Morgan fingerprint density at radius 1 is 1.47 bits per heavy atom. The molecule has 0 aliphatic carbocycles. The van der Waals surface area contributed by atoms with E-state index < -0.39 is 0 Å². The Kier molecular flexibility index (Phi) is 4.43. The van der Waals surface area contributed by atoms with E-state index in [1.54, 1.807) is 7.11 Å². The summed E-state index contributed by atoms with van der Waals surface area (Å²) in [7, 11) is 1.65. The fourth-order valence-corrected chi connectivity index (χ4v) is 2.49. The van der Waals surface area contributed by atoms with Gasteiger partial charge in [0.25, 0.3) is 0 Å². The molecule has 4 heteroatoms. The lowest BCUT2D eigenvalue weighted by Gasteiger charge is -2.32. The predicted molar refractivity (Wildman–Crippen MR) is 75.1 cm³/mol. The zero-order valence-corrected chi connectivity index (χ0v) is 11.7. The molecule has 1 aromatic carbocycles. The Morgan fingerprint density at radius 2 is 2.26 bits per heavy atom. The lowest BCUT2D eigenvalue weighted by Crippen LogP contribution is -2.48. The van der Waals surface area contributed by atoms with Crippen molar-refractivity contribution in [1.82, 2.24) is 10.6 Å². The molecule has 104 valence electrons. The first-order valence-corrected chi connectivity index (χ1v) is 6.77. The molecule has 1 unspecified atom stereocenters. The number of hydrogen-bond donors (Lipinski definition) is 2. The van der Waals surface area contributed by atoms with Crippen LogP contribution in [0.15, 0.2) is 24.3 Å². The van der Waals surface area contributed by atoms with E-state index in [2.05, 4.69) is 10.6 Å². The van der Waals surface area contributed by atoms with Gasteiger partial charge in [0, 0.05) is 18.7 Å². The minimum Gasteiger partial charge on any atom is -0.496 e. The van der Waals surface area contributed by atoms with E-state index in [0.717, 1.165) is 37.2 Å². The monoisotopic (exact) mass is 262 g/mol. The fourth-order valence-electron chi connectivity index (χ4n) is 2.49. The molecule has 1 aliphatic rings. The van der Waals surface area contributed by atoms with Crippen molar-refractivity contribution in [3.63, 3.8) is 0 Å². The van der Waals surface area contributed by atoms with Gasteiger partial charge in [-0.25, -0.2) is 0 Å². The first-order valence-electron chi connectivity index (χ1n) is 6.77. The molecule has 1 amide bonds. The summed E-state index contributed by atoms with van der Waals surface area (Å²) in [6, 6.07) is 7.76. The van der Waals surface area contributed by atoms with Gasteiger partial charge in [0.1, 0.15) is 5.75 Å². The molecule has 1 fully saturated rings. The van der Waals surface area contributed by atoms with Gasteiger partial charge in [-0.05, 0) is 32.4 Å². The van der Waals surface area contributed by atoms with Crippen LogP contribution in [0.5, 0.6) is 5.75 Å². The molecule has 0 spiro atoms. The fraction of sp³-hybridized carbons (Fsp3) is 0.533. The van der Waals surface area contributed by atoms with Crippen LogP contribution in [0.3, 0.4) is 0 Å². The largest absolute Gasteiger partial charge is 0.496 e. The van der Waals surface area contributed by atoms with Gasteiger partial charge < -0.3 is 15.4 Å². The number of carbonyl (C=O) groups excluding carboxylic acids is 1. The Morgan fingerprint density at radius 3 is 2.95 bits per heavy atom. The van der Waals surface area contributed by atoms with Crippen molar-refractivity contribution in [3.05, 3.63) is 29.8 Å². The van der Waals surface area contributed by atoms with Crippen molar-refractivity contribution in [2.45, 2.75) is 26.3 Å². The molecule has 1 atom stereocenters. The zero-order valence-electron chi connectivity index (χ0n) is 11.7. The van der Waals surface area contributed by atoms with Gasteiger partial charge in [0.05, 0.1) is 12.5 Å². The molecule has 1 heterocycles. The standard InChI is InChI=1S/C15H22N2O2/c1-15(8-5-9-16-11-15)14(18)17-10-12-6-3-4-7-13(12)19-2/h3-4,6-7,16H,5,8-11H2,1-2H3,(H,17,18). The van der Waals surface area contributed by atoms with E-state index in [0.29, 0.717) is 6.54 Å². The molecule has 2 rings (SSSR count). The Labute approximate surface area is 114 Å². The number of benzene rings is 1. The van der Waals surface area contributed by atoms with Crippen LogP contribution >= 0.6 is 0 Å². The Balaban J connectivity index is 1.96. The number of ether oxygens (including phenoxy) is 1. The van der Waals surface area contributed by atoms with Gasteiger partial charge in [0.2, 0.25) is 5.91 Å². The van der Waals surface area contributed by atoms with Crippen molar-refractivity contribution >= 4 is 5.91 Å². The number of hydrogen-bond acceptors (Lipinski definition) is 3. The maximum Gasteiger partial charge on any atom is 0.227 e. The second-order valence-electron chi connectivity index (χ2n) is 5.34. The minimum absolute atomic E-state index is 0.116. The van der Waals surface area contributed by atoms with Crippen molar-refractivity contribution < 1.29 is 9.53 Å². The van der Waals surface area contributed by atoms with Crippen molar-refractivity contribution in [3.8, 4) is 5.75 Å². The summed E-state index contributed by atoms with van der Waals surface area (Å²) in [5.74, 6) is 0.931. The van der Waals surface area contributed by atoms with Crippen LogP contribution in [-0.4, -0.2) is 26.1 Å². The summed E-state index contributed by atoms with van der Waals surface area (Å²) in [5.41, 5.74) is 0.714. The highest BCUT2D eigenvalue weighted by molar-refractivity contribution is 5.82. The first kappa shape index (κ1) is 13.9. The lowest BCUT2D eigenvalue weighted by molar-refractivity contribution is -0.131. The minimum atomic E-state index is -0.291. The van der Waals surface area contributed by atoms with E-state index in [4.69, 9.17) is 4.74 Å². The number of amides is 1. The highest BCUT2D eigenvalue weighted by Crippen LogP contribution is 2.26. The summed E-state index contributed by atoms with van der Waals surface area (Å²) in [6.07, 6.45) is 2.00. The van der Waals surface area contributed by atoms with Crippen LogP contribution in [0.4, 0.5) is 0 Å². The molecule has 1 saturated heterocycles. The number of nitrogens with one attached hydrogen (secondary N) is 2. The summed E-state index contributed by atoms with van der Waals surface area (Å²) in [6.45, 7) is 4.30. The third-order valence-electron chi connectivity index (χ3n) is 3.78. The molecule has 0 saturated carbocycles. The van der Waals surface area contributed by atoms with Gasteiger partial charge in [-0.15, -0.1) is 0 Å². The first-order chi connectivity index (χ1) is 9.15. The molecular formula is C15H22N2O2. The molecule has 19 heavy (non-hydrogen) atoms. The molecule has 0 radical (unpaired) electrons. The molecule has 0 bridgehead atoms. The molecule has 0 aromatic heterocycles. The highest BCUT2D eigenvalue weighted by Gasteiger charge is 2.34. The second-order valence-corrected chi connectivity index (χ2v) is 5.34. The molecule has 1 aliphatic heterocycles. The summed E-state index contributed by atoms with van der Waals surface area (Å²) in [5, 5.41) is 6.32. The summed E-state index contributed by atoms with van der Waals surface area (Å²) in [4.78, 5) is 12.3. The van der Waals surface area contributed by atoms with Crippen LogP contribution in [0.25, 0.3) is 0 Å². The Hall–Kier alpha value is -1.55. The van der Waals surface area contributed by atoms with Gasteiger partial charge in [-0.1, -0.05) is 18.2 Å². The molecule has 4 nitrogen and oxygen atoms in total. The van der Waals surface area contributed by atoms with Crippen molar-refractivity contribution in [2.24, 2.45) is 5.41 Å². The number of rotatable bonds is 4. The number of piperidine rings is 1. The van der Waals surface area contributed by atoms with Crippen LogP contribution in [0.2, 0.25) is 0 Å². The van der Waals surface area contributed by atoms with Gasteiger partial charge >= 0.3 is 0 Å². The smallest absolute Gasteiger partial charge is 0.227 e. The van der Waals surface area contributed by atoms with Crippen LogP contribution < -0.4 is 15.4 Å². The third kappa shape index (κ3) is 3.26. The van der Waals surface area contributed by atoms with Gasteiger partial charge in [0.15, 0.2) is 0 Å². The average molecular weight is 262 g/mol. The topological polar surface area (TPSA) is 50.4 Å². The van der Waals surface area contributed by atoms with Gasteiger partial charge in [-0.3, -0.25) is 4.79 Å². The number of methoxy groups -OCH3 is 1. The SMILES string of the molecule is COc1ccccc1CNC(=O)C1(C)CCCNC1. The number of para-hydroxylation sites is 1. The molecule has 2 N–H and O–H groups in total. The summed E-state index contributed by atoms with van der Waals surface area (Å²) >= 11 is 0. The van der Waals surface area contributed by atoms with Crippen molar-refractivity contribution in [2.75, 3.05) is 20.2 Å². The average Bonchev–Trinajstić information content (AvgIpc) is 2.45. The lowest BCUT2D eigenvalue weighted by atomic mass is 9.82. The van der Waals surface area contributed by atoms with Crippen LogP contribution in [0.1, 0.15) is 25.3 Å². The maximum atomic E-state index is 12.3. The maximum absolute atomic E-state index is 12.3. The van der Waals surface area contributed by atoms with Gasteiger partial charge in [-0.2, -0.15) is 0 Å². The van der Waals surface area contributed by atoms with E-state index >= 15 is 0 Å².